The van der Waals surface area contributed by atoms with Crippen LogP contribution in [0.1, 0.15) is 37.5 Å². The molecule has 0 saturated carbocycles. The number of hydrogen-bond acceptors (Lipinski definition) is 3. The quantitative estimate of drug-likeness (QED) is 0.896. The van der Waals surface area contributed by atoms with Crippen molar-refractivity contribution in [3.05, 3.63) is 34.6 Å². The van der Waals surface area contributed by atoms with Gasteiger partial charge in [0.1, 0.15) is 17.5 Å². The lowest BCUT2D eigenvalue weighted by Gasteiger charge is -2.22. The molecule has 1 atom stereocenters. The molecule has 1 unspecified atom stereocenters. The van der Waals surface area contributed by atoms with Gasteiger partial charge in [-0.1, -0.05) is 12.1 Å². The molecule has 0 aliphatic carbocycles. The van der Waals surface area contributed by atoms with Crippen LogP contribution in [0.5, 0.6) is 0 Å². The Morgan fingerprint density at radius 2 is 1.77 bits per heavy atom. The zero-order valence-electron chi connectivity index (χ0n) is 13.5. The van der Waals surface area contributed by atoms with Crippen LogP contribution in [0.4, 0.5) is 9.18 Å². The monoisotopic (exact) mass is 311 g/mol. The summed E-state index contributed by atoms with van der Waals surface area (Å²) >= 11 is 0. The Labute approximate surface area is 129 Å². The van der Waals surface area contributed by atoms with Gasteiger partial charge < -0.3 is 15.2 Å². The van der Waals surface area contributed by atoms with Crippen molar-refractivity contribution in [2.45, 2.75) is 52.7 Å². The molecule has 122 valence electrons. The second kappa shape index (κ2) is 6.77. The Morgan fingerprint density at radius 3 is 2.18 bits per heavy atom. The second-order valence-electron chi connectivity index (χ2n) is 6.28. The van der Waals surface area contributed by atoms with Gasteiger partial charge in [-0.25, -0.2) is 14.0 Å². The fraction of sp³-hybridized carbons (Fsp3) is 0.500. The smallest absolute Gasteiger partial charge is 0.408 e. The van der Waals surface area contributed by atoms with Crippen molar-refractivity contribution >= 4 is 12.1 Å². The first-order valence-electron chi connectivity index (χ1n) is 6.97. The van der Waals surface area contributed by atoms with Gasteiger partial charge in [0.15, 0.2) is 0 Å². The van der Waals surface area contributed by atoms with E-state index in [1.807, 2.05) is 0 Å². The van der Waals surface area contributed by atoms with E-state index in [2.05, 4.69) is 5.32 Å². The van der Waals surface area contributed by atoms with Crippen molar-refractivity contribution in [1.82, 2.24) is 5.32 Å². The summed E-state index contributed by atoms with van der Waals surface area (Å²) < 4.78 is 18.6. The van der Waals surface area contributed by atoms with Crippen LogP contribution >= 0.6 is 0 Å². The number of benzene rings is 1. The summed E-state index contributed by atoms with van der Waals surface area (Å²) in [4.78, 5) is 23.0. The number of halogens is 1. The lowest BCUT2D eigenvalue weighted by Crippen LogP contribution is -2.44. The van der Waals surface area contributed by atoms with Gasteiger partial charge in [-0.15, -0.1) is 0 Å². The van der Waals surface area contributed by atoms with Crippen LogP contribution < -0.4 is 5.32 Å². The first-order chi connectivity index (χ1) is 9.99. The maximum atomic E-state index is 13.6. The van der Waals surface area contributed by atoms with Gasteiger partial charge in [0.25, 0.3) is 0 Å². The van der Waals surface area contributed by atoms with Gasteiger partial charge in [0.05, 0.1) is 0 Å². The number of carbonyl (C=O) groups excluding carboxylic acids is 1. The fourth-order valence-corrected chi connectivity index (χ4v) is 2.04. The van der Waals surface area contributed by atoms with Crippen LogP contribution in [-0.2, 0) is 16.0 Å². The highest BCUT2D eigenvalue weighted by atomic mass is 19.1. The summed E-state index contributed by atoms with van der Waals surface area (Å²) in [7, 11) is 0. The van der Waals surface area contributed by atoms with E-state index >= 15 is 0 Å². The van der Waals surface area contributed by atoms with Crippen LogP contribution in [0, 0.1) is 19.7 Å². The van der Waals surface area contributed by atoms with Crippen molar-refractivity contribution in [2.75, 3.05) is 0 Å². The minimum Gasteiger partial charge on any atom is -0.480 e. The summed E-state index contributed by atoms with van der Waals surface area (Å²) in [5.41, 5.74) is 0.809. The predicted molar refractivity (Wildman–Crippen MR) is 80.4 cm³/mol. The molecule has 0 radical (unpaired) electrons. The van der Waals surface area contributed by atoms with Crippen molar-refractivity contribution in [1.29, 1.82) is 0 Å². The first-order valence-corrected chi connectivity index (χ1v) is 6.97. The minimum atomic E-state index is -1.18. The number of nitrogens with one attached hydrogen (secondary N) is 1. The Morgan fingerprint density at radius 1 is 1.27 bits per heavy atom. The molecule has 0 spiro atoms. The van der Waals surface area contributed by atoms with E-state index in [0.29, 0.717) is 16.7 Å². The van der Waals surface area contributed by atoms with Gasteiger partial charge in [0, 0.05) is 6.42 Å². The first kappa shape index (κ1) is 17.9. The van der Waals surface area contributed by atoms with Crippen LogP contribution in [0.2, 0.25) is 0 Å². The topological polar surface area (TPSA) is 75.6 Å². The molecule has 22 heavy (non-hydrogen) atoms. The third-order valence-electron chi connectivity index (χ3n) is 2.93. The highest BCUT2D eigenvalue weighted by Crippen LogP contribution is 2.16. The molecule has 0 fully saturated rings. The molecule has 1 aromatic rings. The molecule has 6 heteroatoms. The third kappa shape index (κ3) is 5.35. The highest BCUT2D eigenvalue weighted by Gasteiger charge is 2.24. The standard InChI is InChI=1S/C16H22FNO4/c1-9-6-11(7-10(2)13(9)17)8-12(14(19)20)18-15(21)22-16(3,4)5/h6-7,12H,8H2,1-5H3,(H,18,21)(H,19,20). The molecular formula is C16H22FNO4. The van der Waals surface area contributed by atoms with E-state index in [9.17, 15) is 19.1 Å². The average molecular weight is 311 g/mol. The van der Waals surface area contributed by atoms with Gasteiger partial charge in [-0.05, 0) is 51.3 Å². The number of rotatable bonds is 4. The molecule has 0 bridgehead atoms. The van der Waals surface area contributed by atoms with E-state index in [0.717, 1.165) is 0 Å². The van der Waals surface area contributed by atoms with E-state index in [1.165, 1.54) is 0 Å². The summed E-state index contributed by atoms with van der Waals surface area (Å²) in [6.07, 6.45) is -0.744. The molecule has 0 heterocycles. The Kier molecular flexibility index (Phi) is 5.52. The van der Waals surface area contributed by atoms with Gasteiger partial charge in [0.2, 0.25) is 0 Å². The summed E-state index contributed by atoms with van der Waals surface area (Å²) in [6.45, 7) is 8.30. The van der Waals surface area contributed by atoms with Crippen molar-refractivity contribution < 1.29 is 23.8 Å². The van der Waals surface area contributed by atoms with Crippen LogP contribution in [0.25, 0.3) is 0 Å². The van der Waals surface area contributed by atoms with Gasteiger partial charge >= 0.3 is 12.1 Å². The molecule has 1 aromatic carbocycles. The van der Waals surface area contributed by atoms with Crippen LogP contribution in [-0.4, -0.2) is 28.8 Å². The summed E-state index contributed by atoms with van der Waals surface area (Å²) in [5, 5.41) is 11.6. The summed E-state index contributed by atoms with van der Waals surface area (Å²) in [6, 6.07) is 2.02. The molecule has 1 amide bonds. The SMILES string of the molecule is Cc1cc(CC(NC(=O)OC(C)(C)C)C(=O)O)cc(C)c1F. The average Bonchev–Trinajstić information content (AvgIpc) is 2.32. The number of amides is 1. The maximum Gasteiger partial charge on any atom is 0.408 e. The number of hydrogen-bond donors (Lipinski definition) is 2. The van der Waals surface area contributed by atoms with E-state index in [-0.39, 0.29) is 12.2 Å². The molecule has 0 aliphatic heterocycles. The number of carboxylic acid groups (broad SMARTS) is 1. The molecule has 5 nitrogen and oxygen atoms in total. The minimum absolute atomic E-state index is 0.0521. The molecule has 0 saturated heterocycles. The zero-order chi connectivity index (χ0) is 17.1. The molecule has 0 aromatic heterocycles. The second-order valence-corrected chi connectivity index (χ2v) is 6.28. The van der Waals surface area contributed by atoms with Crippen LogP contribution in [0.15, 0.2) is 12.1 Å². The Hall–Kier alpha value is -2.11. The largest absolute Gasteiger partial charge is 0.480 e. The number of ether oxygens (including phenoxy) is 1. The van der Waals surface area contributed by atoms with Crippen molar-refractivity contribution in [2.24, 2.45) is 0 Å². The lowest BCUT2D eigenvalue weighted by atomic mass is 10.0. The van der Waals surface area contributed by atoms with Gasteiger partial charge in [-0.2, -0.15) is 0 Å². The number of aliphatic carboxylic acids is 1. The predicted octanol–water partition coefficient (Wildman–Crippen LogP) is 2.96. The van der Waals surface area contributed by atoms with E-state index in [1.54, 1.807) is 46.8 Å². The lowest BCUT2D eigenvalue weighted by molar-refractivity contribution is -0.139. The Balaban J connectivity index is 2.85. The molecule has 1 rings (SSSR count). The fourth-order valence-electron chi connectivity index (χ4n) is 2.04. The summed E-state index contributed by atoms with van der Waals surface area (Å²) in [5.74, 6) is -1.48. The normalized spacial score (nSPS) is 12.6. The van der Waals surface area contributed by atoms with E-state index in [4.69, 9.17) is 4.74 Å². The van der Waals surface area contributed by atoms with E-state index < -0.39 is 23.7 Å². The Bertz CT molecular complexity index is 555. The molecular weight excluding hydrogens is 289 g/mol. The number of alkyl carbamates (subject to hydrolysis) is 1. The van der Waals surface area contributed by atoms with Gasteiger partial charge in [-0.3, -0.25) is 0 Å². The number of carbonyl (C=O) groups is 2. The number of aryl methyl sites for hydroxylation is 2. The maximum absolute atomic E-state index is 13.6. The number of carboxylic acids is 1. The third-order valence-corrected chi connectivity index (χ3v) is 2.93. The zero-order valence-corrected chi connectivity index (χ0v) is 13.5. The van der Waals surface area contributed by atoms with Crippen molar-refractivity contribution in [3.63, 3.8) is 0 Å². The molecule has 0 aliphatic rings. The highest BCUT2D eigenvalue weighted by molar-refractivity contribution is 5.80. The van der Waals surface area contributed by atoms with Crippen molar-refractivity contribution in [3.8, 4) is 0 Å². The van der Waals surface area contributed by atoms with Crippen LogP contribution in [0.3, 0.4) is 0 Å². The molecule has 2 N–H and O–H groups in total.